The third-order valence-electron chi connectivity index (χ3n) is 5.81. The lowest BCUT2D eigenvalue weighted by molar-refractivity contribution is -0.134. The van der Waals surface area contributed by atoms with Gasteiger partial charge in [0, 0.05) is 25.6 Å². The van der Waals surface area contributed by atoms with Crippen molar-refractivity contribution in [3.63, 3.8) is 0 Å². The second-order valence-corrected chi connectivity index (χ2v) is 9.77. The number of amides is 2. The van der Waals surface area contributed by atoms with E-state index in [2.05, 4.69) is 22.2 Å². The number of halogens is 2. The first kappa shape index (κ1) is 26.4. The Balaban J connectivity index is 1.88. The monoisotopic (exact) mass is 491 g/mol. The van der Waals surface area contributed by atoms with E-state index in [9.17, 15) is 18.4 Å². The molecule has 0 aliphatic carbocycles. The highest BCUT2D eigenvalue weighted by Gasteiger charge is 2.39. The molecule has 0 spiro atoms. The van der Waals surface area contributed by atoms with E-state index in [1.54, 1.807) is 33.8 Å². The standard InChI is InChI=1S/C25H35F2N5O3/c1-7-19(30-24(34)35-25(4,5)6)23(33)31-13-17(27)11-18(31)14-32-21-10-9-16(26)12-20(21)29-22(32)15(3)28-8-2/h9-10,12,17-19,28H,3,7-8,11,13-14H2,1-2,4-6H3,(H,30,34)/t17-,18-,19-/m0/s1. The van der Waals surface area contributed by atoms with Crippen molar-refractivity contribution in [1.82, 2.24) is 25.1 Å². The van der Waals surface area contributed by atoms with Gasteiger partial charge in [0.2, 0.25) is 5.91 Å². The summed E-state index contributed by atoms with van der Waals surface area (Å²) in [6.45, 7) is 13.7. The highest BCUT2D eigenvalue weighted by Crippen LogP contribution is 2.27. The number of benzene rings is 1. The van der Waals surface area contributed by atoms with E-state index in [0.29, 0.717) is 35.5 Å². The number of alkyl carbamates (subject to hydrolysis) is 1. The summed E-state index contributed by atoms with van der Waals surface area (Å²) in [5, 5.41) is 5.74. The highest BCUT2D eigenvalue weighted by atomic mass is 19.1. The average molecular weight is 492 g/mol. The summed E-state index contributed by atoms with van der Waals surface area (Å²) in [6.07, 6.45) is -1.43. The van der Waals surface area contributed by atoms with Gasteiger partial charge in [0.25, 0.3) is 0 Å². The van der Waals surface area contributed by atoms with Gasteiger partial charge in [-0.1, -0.05) is 13.5 Å². The number of carbonyl (C=O) groups is 2. The number of hydrogen-bond acceptors (Lipinski definition) is 5. The zero-order valence-electron chi connectivity index (χ0n) is 21.0. The number of carbonyl (C=O) groups excluding carboxylic acids is 2. The Morgan fingerprint density at radius 1 is 1.31 bits per heavy atom. The van der Waals surface area contributed by atoms with Crippen molar-refractivity contribution in [2.75, 3.05) is 13.1 Å². The van der Waals surface area contributed by atoms with Gasteiger partial charge < -0.3 is 24.8 Å². The van der Waals surface area contributed by atoms with Crippen LogP contribution in [-0.2, 0) is 16.1 Å². The number of alkyl halides is 1. The lowest BCUT2D eigenvalue weighted by Gasteiger charge is -2.30. The van der Waals surface area contributed by atoms with Gasteiger partial charge in [-0.3, -0.25) is 4.79 Å². The number of imidazole rings is 1. The number of likely N-dealkylation sites (tertiary alicyclic amines) is 1. The van der Waals surface area contributed by atoms with E-state index in [1.807, 2.05) is 11.5 Å². The predicted octanol–water partition coefficient (Wildman–Crippen LogP) is 4.00. The molecule has 3 rings (SSSR count). The molecular formula is C25H35F2N5O3. The fourth-order valence-electron chi connectivity index (χ4n) is 4.31. The molecule has 0 radical (unpaired) electrons. The smallest absolute Gasteiger partial charge is 0.408 e. The van der Waals surface area contributed by atoms with Crippen molar-refractivity contribution >= 4 is 28.7 Å². The molecule has 1 saturated heterocycles. The minimum absolute atomic E-state index is 0.0687. The van der Waals surface area contributed by atoms with Crippen molar-refractivity contribution < 1.29 is 23.1 Å². The molecule has 0 unspecified atom stereocenters. The molecule has 2 heterocycles. The van der Waals surface area contributed by atoms with Crippen LogP contribution in [0.25, 0.3) is 16.7 Å². The molecule has 0 saturated carbocycles. The minimum Gasteiger partial charge on any atom is -0.444 e. The molecule has 0 bridgehead atoms. The summed E-state index contributed by atoms with van der Waals surface area (Å²) in [7, 11) is 0. The summed E-state index contributed by atoms with van der Waals surface area (Å²) < 4.78 is 35.6. The Hall–Kier alpha value is -3.17. The van der Waals surface area contributed by atoms with E-state index in [0.717, 1.165) is 0 Å². The first-order valence-corrected chi connectivity index (χ1v) is 12.0. The van der Waals surface area contributed by atoms with Crippen LogP contribution in [0, 0.1) is 5.82 Å². The zero-order valence-corrected chi connectivity index (χ0v) is 21.0. The second kappa shape index (κ2) is 10.6. The Labute approximate surface area is 204 Å². The maximum absolute atomic E-state index is 14.6. The van der Waals surface area contributed by atoms with Gasteiger partial charge >= 0.3 is 6.09 Å². The molecule has 1 aliphatic rings. The fourth-order valence-corrected chi connectivity index (χ4v) is 4.31. The first-order valence-electron chi connectivity index (χ1n) is 12.0. The largest absolute Gasteiger partial charge is 0.444 e. The number of aromatic nitrogens is 2. The van der Waals surface area contributed by atoms with Crippen LogP contribution in [0.15, 0.2) is 24.8 Å². The molecule has 10 heteroatoms. The summed E-state index contributed by atoms with van der Waals surface area (Å²) in [5.41, 5.74) is 0.951. The SMILES string of the molecule is C=C(NCC)c1nc2cc(F)ccc2n1C[C@@H]1C[C@H](F)CN1C(=O)[C@H](CC)NC(=O)OC(C)(C)C. The van der Waals surface area contributed by atoms with Gasteiger partial charge in [-0.2, -0.15) is 0 Å². The molecule has 8 nitrogen and oxygen atoms in total. The predicted molar refractivity (Wildman–Crippen MR) is 131 cm³/mol. The average Bonchev–Trinajstić information content (AvgIpc) is 3.30. The molecule has 2 amide bonds. The van der Waals surface area contributed by atoms with Gasteiger partial charge in [-0.15, -0.1) is 0 Å². The minimum atomic E-state index is -1.20. The van der Waals surface area contributed by atoms with Crippen LogP contribution in [0.2, 0.25) is 0 Å². The molecular weight excluding hydrogens is 456 g/mol. The lowest BCUT2D eigenvalue weighted by Crippen LogP contribution is -2.51. The lowest BCUT2D eigenvalue weighted by atomic mass is 10.1. The molecule has 3 atom stereocenters. The van der Waals surface area contributed by atoms with Gasteiger partial charge in [-0.25, -0.2) is 18.6 Å². The molecule has 35 heavy (non-hydrogen) atoms. The summed E-state index contributed by atoms with van der Waals surface area (Å²) >= 11 is 0. The summed E-state index contributed by atoms with van der Waals surface area (Å²) in [6, 6.07) is 2.97. The normalized spacial score (nSPS) is 19.0. The topological polar surface area (TPSA) is 88.5 Å². The van der Waals surface area contributed by atoms with E-state index in [1.165, 1.54) is 17.0 Å². The second-order valence-electron chi connectivity index (χ2n) is 9.77. The van der Waals surface area contributed by atoms with E-state index >= 15 is 0 Å². The van der Waals surface area contributed by atoms with E-state index < -0.39 is 35.8 Å². The third-order valence-corrected chi connectivity index (χ3v) is 5.81. The van der Waals surface area contributed by atoms with E-state index in [4.69, 9.17) is 4.74 Å². The number of ether oxygens (including phenoxy) is 1. The van der Waals surface area contributed by atoms with Crippen LogP contribution in [0.3, 0.4) is 0 Å². The van der Waals surface area contributed by atoms with Crippen LogP contribution >= 0.6 is 0 Å². The number of nitrogens with one attached hydrogen (secondary N) is 2. The van der Waals surface area contributed by atoms with E-state index in [-0.39, 0.29) is 25.4 Å². The maximum atomic E-state index is 14.6. The number of nitrogens with zero attached hydrogens (tertiary/aromatic N) is 3. The summed E-state index contributed by atoms with van der Waals surface area (Å²) in [5.74, 6) is -0.282. The molecule has 2 aromatic rings. The number of hydrogen-bond donors (Lipinski definition) is 2. The van der Waals surface area contributed by atoms with Crippen molar-refractivity contribution in [2.24, 2.45) is 0 Å². The Morgan fingerprint density at radius 2 is 2.03 bits per heavy atom. The van der Waals surface area contributed by atoms with Crippen LogP contribution in [0.5, 0.6) is 0 Å². The van der Waals surface area contributed by atoms with Crippen molar-refractivity contribution in [3.8, 4) is 0 Å². The number of rotatable bonds is 8. The molecule has 2 N–H and O–H groups in total. The van der Waals surface area contributed by atoms with Crippen LogP contribution in [-0.4, -0.2) is 63.4 Å². The molecule has 192 valence electrons. The molecule has 1 aliphatic heterocycles. The quantitative estimate of drug-likeness (QED) is 0.583. The molecule has 1 fully saturated rings. The number of fused-ring (bicyclic) bond motifs is 1. The summed E-state index contributed by atoms with van der Waals surface area (Å²) in [4.78, 5) is 31.7. The zero-order chi connectivity index (χ0) is 25.9. The Bertz CT molecular complexity index is 1090. The Morgan fingerprint density at radius 3 is 2.66 bits per heavy atom. The molecule has 1 aromatic heterocycles. The fraction of sp³-hybridized carbons (Fsp3) is 0.560. The third kappa shape index (κ3) is 6.29. The molecule has 1 aromatic carbocycles. The maximum Gasteiger partial charge on any atom is 0.408 e. The van der Waals surface area contributed by atoms with Gasteiger partial charge in [0.1, 0.15) is 23.6 Å². The van der Waals surface area contributed by atoms with Gasteiger partial charge in [-0.05, 0) is 46.2 Å². The Kier molecular flexibility index (Phi) is 8.02. The van der Waals surface area contributed by atoms with Gasteiger partial charge in [0.05, 0.1) is 29.3 Å². The van der Waals surface area contributed by atoms with Crippen LogP contribution in [0.4, 0.5) is 13.6 Å². The van der Waals surface area contributed by atoms with Crippen molar-refractivity contribution in [2.45, 2.75) is 77.9 Å². The van der Waals surface area contributed by atoms with Gasteiger partial charge in [0.15, 0.2) is 5.82 Å². The first-order chi connectivity index (χ1) is 16.4. The van der Waals surface area contributed by atoms with Crippen LogP contribution < -0.4 is 10.6 Å². The van der Waals surface area contributed by atoms with Crippen molar-refractivity contribution in [1.29, 1.82) is 0 Å². The van der Waals surface area contributed by atoms with Crippen molar-refractivity contribution in [3.05, 3.63) is 36.4 Å². The van der Waals surface area contributed by atoms with Crippen LogP contribution in [0.1, 0.15) is 53.3 Å². The highest BCUT2D eigenvalue weighted by molar-refractivity contribution is 5.86.